The number of amides is 4. The lowest BCUT2D eigenvalue weighted by molar-refractivity contribution is -0.147. The first-order valence-corrected chi connectivity index (χ1v) is 16.7. The van der Waals surface area contributed by atoms with Crippen LogP contribution < -0.4 is 16.0 Å². The van der Waals surface area contributed by atoms with E-state index in [0.717, 1.165) is 27.8 Å². The number of carbonyl (C=O) groups is 4. The van der Waals surface area contributed by atoms with Gasteiger partial charge in [-0.3, -0.25) is 24.3 Å². The molecule has 0 spiro atoms. The molecule has 254 valence electrons. The van der Waals surface area contributed by atoms with Gasteiger partial charge in [0.1, 0.15) is 12.4 Å². The lowest BCUT2D eigenvalue weighted by Gasteiger charge is -2.42. The minimum absolute atomic E-state index is 0.0954. The Morgan fingerprint density at radius 2 is 1.78 bits per heavy atom. The molecular formula is C37H42N8O4. The minimum atomic E-state index is -0.716. The van der Waals surface area contributed by atoms with Crippen molar-refractivity contribution in [2.75, 3.05) is 37.3 Å². The second-order valence-electron chi connectivity index (χ2n) is 12.8. The van der Waals surface area contributed by atoms with Crippen molar-refractivity contribution < 1.29 is 19.2 Å². The summed E-state index contributed by atoms with van der Waals surface area (Å²) in [5.74, 6) is -0.150. The second-order valence-corrected chi connectivity index (χ2v) is 12.8. The fourth-order valence-electron chi connectivity index (χ4n) is 6.88. The van der Waals surface area contributed by atoms with Crippen molar-refractivity contribution >= 4 is 35.1 Å². The van der Waals surface area contributed by atoms with Crippen molar-refractivity contribution in [3.63, 3.8) is 0 Å². The molecule has 4 N–H and O–H groups in total. The molecule has 4 amide bonds. The number of aromatic amines is 1. The van der Waals surface area contributed by atoms with E-state index in [2.05, 4.69) is 31.1 Å². The Bertz CT molecular complexity index is 1830. The highest BCUT2D eigenvalue weighted by Gasteiger charge is 2.43. The number of aromatic nitrogens is 3. The number of fused-ring (bicyclic) bond motifs is 2. The van der Waals surface area contributed by atoms with Crippen LogP contribution in [0.5, 0.6) is 0 Å². The van der Waals surface area contributed by atoms with Gasteiger partial charge in [0.25, 0.3) is 5.91 Å². The van der Waals surface area contributed by atoms with E-state index in [-0.39, 0.29) is 43.1 Å². The Hall–Kier alpha value is -5.36. The topological polar surface area (TPSA) is 152 Å². The van der Waals surface area contributed by atoms with Crippen molar-refractivity contribution in [1.82, 2.24) is 30.3 Å². The number of hydrogen-bond donors (Lipinski definition) is 4. The van der Waals surface area contributed by atoms with Gasteiger partial charge in [-0.15, -0.1) is 0 Å². The van der Waals surface area contributed by atoms with E-state index >= 15 is 0 Å². The number of likely N-dealkylation sites (tertiary alicyclic amines) is 1. The first-order valence-electron chi connectivity index (χ1n) is 16.7. The minimum Gasteiger partial charge on any atom is -0.338 e. The summed E-state index contributed by atoms with van der Waals surface area (Å²) in [5.41, 5.74) is 5.07. The summed E-state index contributed by atoms with van der Waals surface area (Å²) >= 11 is 0. The largest absolute Gasteiger partial charge is 0.338 e. The van der Waals surface area contributed by atoms with Crippen LogP contribution in [0.1, 0.15) is 64.4 Å². The molecule has 2 aliphatic heterocycles. The average Bonchev–Trinajstić information content (AvgIpc) is 3.65. The standard InChI is InChI=1S/C37H42N8O4/c1-3-37(12-15-44(16-13-37)35(48)30-21-40-41-22-30)36(49)45(23-28-8-5-4-7-27(28)20-38-2)24-33(47)42-31-11-10-25-17-26-9-6-14-39-34(26)43-32(46)19-29(25)18-31/h4-11,14,18,21-22,38H,3,12-13,15-17,19-20,23-24H2,1-2H3,(H,40,41)(H,42,47)(H,39,43,46). The molecule has 0 saturated carbocycles. The number of piperidine rings is 1. The van der Waals surface area contributed by atoms with Gasteiger partial charge in [-0.2, -0.15) is 5.10 Å². The lowest BCUT2D eigenvalue weighted by Crippen LogP contribution is -2.52. The van der Waals surface area contributed by atoms with E-state index in [4.69, 9.17) is 0 Å². The van der Waals surface area contributed by atoms with Gasteiger partial charge in [0.15, 0.2) is 0 Å². The van der Waals surface area contributed by atoms with Gasteiger partial charge in [-0.1, -0.05) is 43.3 Å². The third-order valence-electron chi connectivity index (χ3n) is 9.72. The molecule has 49 heavy (non-hydrogen) atoms. The molecule has 4 aromatic rings. The fraction of sp³-hybridized carbons (Fsp3) is 0.351. The van der Waals surface area contributed by atoms with Crippen LogP contribution in [0, 0.1) is 5.41 Å². The van der Waals surface area contributed by atoms with Crippen LogP contribution in [0.2, 0.25) is 0 Å². The van der Waals surface area contributed by atoms with Crippen LogP contribution in [0.15, 0.2) is 73.2 Å². The van der Waals surface area contributed by atoms with E-state index in [0.29, 0.717) is 62.4 Å². The molecule has 0 unspecified atom stereocenters. The molecule has 4 heterocycles. The molecule has 2 aromatic heterocycles. The van der Waals surface area contributed by atoms with Gasteiger partial charge in [-0.05, 0) is 72.3 Å². The van der Waals surface area contributed by atoms with E-state index in [1.165, 1.54) is 6.20 Å². The van der Waals surface area contributed by atoms with Crippen molar-refractivity contribution in [2.45, 2.75) is 52.1 Å². The zero-order chi connectivity index (χ0) is 34.4. The summed E-state index contributed by atoms with van der Waals surface area (Å²) in [7, 11) is 1.87. The molecule has 0 aliphatic carbocycles. The Labute approximate surface area is 285 Å². The maximum atomic E-state index is 14.6. The SMILES string of the molecule is CCC1(C(=O)N(CC(=O)Nc2ccc3c(c2)CC(=O)Nc2ncccc2C3)Cc2ccccc2CNC)CCN(C(=O)c2cn[nH]c2)CC1. The summed E-state index contributed by atoms with van der Waals surface area (Å²) in [6.07, 6.45) is 7.07. The zero-order valence-electron chi connectivity index (χ0n) is 27.9. The predicted molar refractivity (Wildman–Crippen MR) is 186 cm³/mol. The molecule has 2 aliphatic rings. The molecule has 0 bridgehead atoms. The molecular weight excluding hydrogens is 620 g/mol. The first kappa shape index (κ1) is 33.5. The number of anilines is 2. The third-order valence-corrected chi connectivity index (χ3v) is 9.72. The lowest BCUT2D eigenvalue weighted by atomic mass is 9.74. The van der Waals surface area contributed by atoms with Gasteiger partial charge in [0.05, 0.1) is 23.6 Å². The molecule has 0 radical (unpaired) electrons. The Balaban J connectivity index is 1.21. The maximum absolute atomic E-state index is 14.6. The molecule has 0 atom stereocenters. The van der Waals surface area contributed by atoms with E-state index in [1.54, 1.807) is 22.2 Å². The highest BCUT2D eigenvalue weighted by atomic mass is 16.2. The smallest absolute Gasteiger partial charge is 0.257 e. The van der Waals surface area contributed by atoms with Crippen LogP contribution in [-0.4, -0.2) is 75.3 Å². The summed E-state index contributed by atoms with van der Waals surface area (Å²) in [6.45, 7) is 3.61. The molecule has 12 heteroatoms. The van der Waals surface area contributed by atoms with Gasteiger partial charge in [0, 0.05) is 50.7 Å². The summed E-state index contributed by atoms with van der Waals surface area (Å²) < 4.78 is 0. The van der Waals surface area contributed by atoms with Gasteiger partial charge < -0.3 is 25.8 Å². The van der Waals surface area contributed by atoms with Crippen LogP contribution >= 0.6 is 0 Å². The number of rotatable bonds is 10. The van der Waals surface area contributed by atoms with Gasteiger partial charge in [0.2, 0.25) is 17.7 Å². The van der Waals surface area contributed by atoms with Crippen molar-refractivity contribution in [3.05, 3.63) is 107 Å². The molecule has 1 fully saturated rings. The zero-order valence-corrected chi connectivity index (χ0v) is 27.9. The van der Waals surface area contributed by atoms with E-state index < -0.39 is 5.41 Å². The molecule has 6 rings (SSSR count). The molecule has 1 saturated heterocycles. The molecule has 12 nitrogen and oxygen atoms in total. The number of nitrogens with one attached hydrogen (secondary N) is 4. The van der Waals surface area contributed by atoms with Crippen LogP contribution in [0.25, 0.3) is 0 Å². The Morgan fingerprint density at radius 1 is 0.980 bits per heavy atom. The van der Waals surface area contributed by atoms with Crippen molar-refractivity contribution in [3.8, 4) is 0 Å². The second kappa shape index (κ2) is 14.8. The number of carbonyl (C=O) groups excluding carboxylic acids is 4. The Kier molecular flexibility index (Phi) is 10.1. The first-order chi connectivity index (χ1) is 23.8. The highest BCUT2D eigenvalue weighted by molar-refractivity contribution is 5.97. The fourth-order valence-corrected chi connectivity index (χ4v) is 6.88. The maximum Gasteiger partial charge on any atom is 0.257 e. The Morgan fingerprint density at radius 3 is 2.51 bits per heavy atom. The van der Waals surface area contributed by atoms with Crippen LogP contribution in [0.3, 0.4) is 0 Å². The quantitative estimate of drug-likeness (QED) is 0.201. The predicted octanol–water partition coefficient (Wildman–Crippen LogP) is 3.91. The van der Waals surface area contributed by atoms with Crippen molar-refractivity contribution in [1.29, 1.82) is 0 Å². The van der Waals surface area contributed by atoms with Crippen molar-refractivity contribution in [2.24, 2.45) is 5.41 Å². The summed E-state index contributed by atoms with van der Waals surface area (Å²) in [5, 5.41) is 15.7. The average molecular weight is 663 g/mol. The summed E-state index contributed by atoms with van der Waals surface area (Å²) in [6, 6.07) is 17.3. The van der Waals surface area contributed by atoms with Crippen LogP contribution in [-0.2, 0) is 40.3 Å². The molecule has 2 aromatic carbocycles. The normalized spacial score (nSPS) is 15.2. The van der Waals surface area contributed by atoms with Gasteiger partial charge >= 0.3 is 0 Å². The van der Waals surface area contributed by atoms with Crippen LogP contribution in [0.4, 0.5) is 11.5 Å². The monoisotopic (exact) mass is 662 g/mol. The summed E-state index contributed by atoms with van der Waals surface area (Å²) in [4.78, 5) is 61.8. The number of H-pyrrole nitrogens is 1. The number of nitrogens with zero attached hydrogens (tertiary/aromatic N) is 4. The number of benzene rings is 2. The number of hydrogen-bond acceptors (Lipinski definition) is 7. The van der Waals surface area contributed by atoms with Gasteiger partial charge in [-0.25, -0.2) is 4.98 Å². The third kappa shape index (κ3) is 7.54. The highest BCUT2D eigenvalue weighted by Crippen LogP contribution is 2.38. The van der Waals surface area contributed by atoms with E-state index in [1.807, 2.05) is 68.6 Å². The number of pyridine rings is 1. The van der Waals surface area contributed by atoms with E-state index in [9.17, 15) is 19.2 Å².